The molecule has 0 saturated heterocycles. The van der Waals surface area contributed by atoms with Gasteiger partial charge in [-0.15, -0.1) is 11.3 Å². The van der Waals surface area contributed by atoms with Crippen LogP contribution in [-0.2, 0) is 14.3 Å². The van der Waals surface area contributed by atoms with Gasteiger partial charge in [-0.1, -0.05) is 84.9 Å². The van der Waals surface area contributed by atoms with E-state index in [1.807, 2.05) is 54.6 Å². The number of fused-ring (bicyclic) bond motifs is 1. The van der Waals surface area contributed by atoms with Gasteiger partial charge in [0.2, 0.25) is 6.10 Å². The highest BCUT2D eigenvalue weighted by molar-refractivity contribution is 7.15. The fourth-order valence-electron chi connectivity index (χ4n) is 4.33. The second-order valence-corrected chi connectivity index (χ2v) is 9.72. The third-order valence-corrected chi connectivity index (χ3v) is 7.14. The van der Waals surface area contributed by atoms with Crippen molar-refractivity contribution in [2.24, 2.45) is 0 Å². The molecule has 5 aromatic rings. The molecule has 0 aliphatic carbocycles. The van der Waals surface area contributed by atoms with Crippen LogP contribution < -0.4 is 5.32 Å². The molecule has 0 aliphatic rings. The van der Waals surface area contributed by atoms with E-state index in [-0.39, 0.29) is 28.5 Å². The van der Waals surface area contributed by atoms with Gasteiger partial charge in [0, 0.05) is 16.5 Å². The third-order valence-electron chi connectivity index (χ3n) is 6.24. The summed E-state index contributed by atoms with van der Waals surface area (Å²) in [6, 6.07) is 28.1. The Bertz CT molecular complexity index is 1680. The van der Waals surface area contributed by atoms with Crippen molar-refractivity contribution in [3.05, 3.63) is 119 Å². The molecule has 7 nitrogen and oxygen atoms in total. The summed E-state index contributed by atoms with van der Waals surface area (Å²) in [7, 11) is 0. The first kappa shape index (κ1) is 26.6. The zero-order valence-electron chi connectivity index (χ0n) is 21.5. The molecule has 1 atom stereocenters. The van der Waals surface area contributed by atoms with E-state index in [0.29, 0.717) is 11.1 Å². The van der Waals surface area contributed by atoms with Gasteiger partial charge in [0.25, 0.3) is 5.91 Å². The van der Waals surface area contributed by atoms with Gasteiger partial charge in [0.05, 0.1) is 6.61 Å². The second-order valence-electron chi connectivity index (χ2n) is 8.84. The summed E-state index contributed by atoms with van der Waals surface area (Å²) in [6.07, 6.45) is -1.36. The monoisotopic (exact) mass is 551 g/mol. The van der Waals surface area contributed by atoms with Gasteiger partial charge in [-0.25, -0.2) is 9.59 Å². The number of hydrogen-bond acceptors (Lipinski definition) is 7. The number of aromatic hydroxyl groups is 1. The fraction of sp³-hybridized carbons (Fsp3) is 0.0938. The average Bonchev–Trinajstić information content (AvgIpc) is 3.40. The van der Waals surface area contributed by atoms with Crippen LogP contribution in [-0.4, -0.2) is 29.6 Å². The van der Waals surface area contributed by atoms with Crippen LogP contribution in [0.1, 0.15) is 39.3 Å². The van der Waals surface area contributed by atoms with E-state index in [1.165, 1.54) is 23.5 Å². The number of esters is 2. The lowest BCUT2D eigenvalue weighted by Gasteiger charge is -2.19. The molecule has 8 heteroatoms. The van der Waals surface area contributed by atoms with Crippen LogP contribution in [0.4, 0.5) is 5.00 Å². The maximum absolute atomic E-state index is 13.7. The summed E-state index contributed by atoms with van der Waals surface area (Å²) >= 11 is 1.17. The Hall–Kier alpha value is -4.95. The molecular formula is C32H25NO6S. The van der Waals surface area contributed by atoms with Gasteiger partial charge in [0.1, 0.15) is 21.9 Å². The molecule has 1 unspecified atom stereocenters. The molecule has 200 valence electrons. The van der Waals surface area contributed by atoms with Gasteiger partial charge >= 0.3 is 11.9 Å². The molecule has 0 spiro atoms. The minimum Gasteiger partial charge on any atom is -0.507 e. The van der Waals surface area contributed by atoms with E-state index >= 15 is 0 Å². The number of hydrogen-bond donors (Lipinski definition) is 2. The predicted molar refractivity (Wildman–Crippen MR) is 155 cm³/mol. The van der Waals surface area contributed by atoms with E-state index < -0.39 is 23.9 Å². The van der Waals surface area contributed by atoms with Crippen LogP contribution in [0.5, 0.6) is 5.75 Å². The second kappa shape index (κ2) is 11.8. The van der Waals surface area contributed by atoms with Gasteiger partial charge in [-0.2, -0.15) is 0 Å². The molecule has 5 rings (SSSR count). The zero-order chi connectivity index (χ0) is 28.1. The fourth-order valence-corrected chi connectivity index (χ4v) is 5.29. The van der Waals surface area contributed by atoms with E-state index in [0.717, 1.165) is 16.3 Å². The zero-order valence-corrected chi connectivity index (χ0v) is 22.3. The molecule has 2 N–H and O–H groups in total. The van der Waals surface area contributed by atoms with Gasteiger partial charge in [-0.05, 0) is 35.4 Å². The molecule has 0 fully saturated rings. The molecule has 1 amide bonds. The van der Waals surface area contributed by atoms with E-state index in [4.69, 9.17) is 9.47 Å². The van der Waals surface area contributed by atoms with Crippen LogP contribution in [0.15, 0.2) is 102 Å². The number of carbonyl (C=O) groups is 3. The molecule has 0 radical (unpaired) electrons. The first-order chi connectivity index (χ1) is 19.5. The number of nitrogens with one attached hydrogen (secondary N) is 1. The third kappa shape index (κ3) is 5.57. The van der Waals surface area contributed by atoms with Crippen molar-refractivity contribution in [2.75, 3.05) is 11.9 Å². The number of phenols is 1. The molecule has 1 heterocycles. The van der Waals surface area contributed by atoms with Crippen molar-refractivity contribution in [1.82, 2.24) is 0 Å². The molecule has 0 saturated carbocycles. The van der Waals surface area contributed by atoms with Gasteiger partial charge in [-0.3, -0.25) is 4.79 Å². The first-order valence-electron chi connectivity index (χ1n) is 12.6. The smallest absolute Gasteiger partial charge is 0.343 e. The summed E-state index contributed by atoms with van der Waals surface area (Å²) in [5, 5.41) is 16.9. The average molecular weight is 552 g/mol. The summed E-state index contributed by atoms with van der Waals surface area (Å²) in [5.41, 5.74) is 1.99. The van der Waals surface area contributed by atoms with Crippen molar-refractivity contribution < 1.29 is 29.0 Å². The highest BCUT2D eigenvalue weighted by Crippen LogP contribution is 2.37. The lowest BCUT2D eigenvalue weighted by Crippen LogP contribution is -2.26. The molecule has 1 aromatic heterocycles. The normalized spacial score (nSPS) is 11.5. The number of carbonyl (C=O) groups excluding carboxylic acids is 3. The van der Waals surface area contributed by atoms with Crippen LogP contribution in [0, 0.1) is 0 Å². The summed E-state index contributed by atoms with van der Waals surface area (Å²) < 4.78 is 11.0. The van der Waals surface area contributed by atoms with Crippen molar-refractivity contribution in [1.29, 1.82) is 0 Å². The largest absolute Gasteiger partial charge is 0.507 e. The Morgan fingerprint density at radius 2 is 1.48 bits per heavy atom. The van der Waals surface area contributed by atoms with Crippen LogP contribution in [0.2, 0.25) is 0 Å². The SMILES string of the molecule is CCOC(=O)c1c(-c2ccccc2)csc1NC(=O)C(OC(=O)c1cc2ccccc2cc1O)c1ccccc1. The number of thiophene rings is 1. The van der Waals surface area contributed by atoms with E-state index in [9.17, 15) is 19.5 Å². The predicted octanol–water partition coefficient (Wildman–Crippen LogP) is 6.99. The summed E-state index contributed by atoms with van der Waals surface area (Å²) in [4.78, 5) is 39.9. The molecule has 40 heavy (non-hydrogen) atoms. The highest BCUT2D eigenvalue weighted by Gasteiger charge is 2.30. The lowest BCUT2D eigenvalue weighted by molar-refractivity contribution is -0.125. The van der Waals surface area contributed by atoms with Crippen LogP contribution in [0.25, 0.3) is 21.9 Å². The van der Waals surface area contributed by atoms with Crippen LogP contribution in [0.3, 0.4) is 0 Å². The lowest BCUT2D eigenvalue weighted by atomic mass is 10.0. The first-order valence-corrected chi connectivity index (χ1v) is 13.5. The topological polar surface area (TPSA) is 102 Å². The molecule has 0 aliphatic heterocycles. The van der Waals surface area contributed by atoms with Crippen molar-refractivity contribution >= 4 is 45.0 Å². The quantitative estimate of drug-likeness (QED) is 0.202. The minimum atomic E-state index is -1.36. The van der Waals surface area contributed by atoms with E-state index in [2.05, 4.69) is 5.32 Å². The number of benzene rings is 4. The molecule has 4 aromatic carbocycles. The Morgan fingerprint density at radius 3 is 2.15 bits per heavy atom. The van der Waals surface area contributed by atoms with Gasteiger partial charge in [0.15, 0.2) is 0 Å². The summed E-state index contributed by atoms with van der Waals surface area (Å²) in [5.74, 6) is -2.36. The number of phenolic OH excluding ortho intramolecular Hbond substituents is 1. The molecular weight excluding hydrogens is 526 g/mol. The Labute approximate surface area is 234 Å². The maximum Gasteiger partial charge on any atom is 0.343 e. The van der Waals surface area contributed by atoms with Crippen LogP contribution >= 0.6 is 11.3 Å². The van der Waals surface area contributed by atoms with Gasteiger partial charge < -0.3 is 19.9 Å². The number of amides is 1. The Balaban J connectivity index is 1.48. The summed E-state index contributed by atoms with van der Waals surface area (Å²) in [6.45, 7) is 1.87. The van der Waals surface area contributed by atoms with Crippen molar-refractivity contribution in [3.63, 3.8) is 0 Å². The Morgan fingerprint density at radius 1 is 0.850 bits per heavy atom. The number of rotatable bonds is 8. The maximum atomic E-state index is 13.7. The number of ether oxygens (including phenoxy) is 2. The highest BCUT2D eigenvalue weighted by atomic mass is 32.1. The number of anilines is 1. The molecule has 0 bridgehead atoms. The van der Waals surface area contributed by atoms with Crippen molar-refractivity contribution in [3.8, 4) is 16.9 Å². The van der Waals surface area contributed by atoms with Crippen molar-refractivity contribution in [2.45, 2.75) is 13.0 Å². The minimum absolute atomic E-state index is 0.0675. The van der Waals surface area contributed by atoms with E-state index in [1.54, 1.807) is 42.6 Å². The standard InChI is InChI=1S/C32H25NO6S/c1-2-38-32(37)27-25(20-11-5-3-6-12-20)19-40-30(27)33-29(35)28(21-13-7-4-8-14-21)39-31(36)24-17-22-15-9-10-16-23(22)18-26(24)34/h3-19,28,34H,2H2,1H3,(H,33,35). The Kier molecular flexibility index (Phi) is 7.89.